The Balaban J connectivity index is 4.15. The van der Waals surface area contributed by atoms with E-state index in [9.17, 15) is 22.4 Å². The van der Waals surface area contributed by atoms with Crippen LogP contribution in [0.1, 0.15) is 6.42 Å². The van der Waals surface area contributed by atoms with Crippen LogP contribution in [0, 0.1) is 0 Å². The van der Waals surface area contributed by atoms with Gasteiger partial charge in [-0.25, -0.2) is 17.6 Å². The summed E-state index contributed by atoms with van der Waals surface area (Å²) in [4.78, 5) is 9.90. The highest BCUT2D eigenvalue weighted by Crippen LogP contribution is 2.27. The van der Waals surface area contributed by atoms with Gasteiger partial charge in [0.1, 0.15) is 6.04 Å². The average molecular weight is 189 g/mol. The third kappa shape index (κ3) is 3.04. The molecular weight excluding hydrogens is 182 g/mol. The Morgan fingerprint density at radius 3 is 2.17 bits per heavy atom. The van der Waals surface area contributed by atoms with Crippen LogP contribution in [0.4, 0.5) is 17.6 Å². The van der Waals surface area contributed by atoms with Gasteiger partial charge in [-0.1, -0.05) is 0 Å². The van der Waals surface area contributed by atoms with E-state index in [1.165, 1.54) is 0 Å². The molecule has 0 bridgehead atoms. The predicted octanol–water partition coefficient (Wildman–Crippen LogP) is 0.689. The minimum absolute atomic E-state index is 1.56. The maximum Gasteiger partial charge on any atom is 0.320 e. The minimum atomic E-state index is -4.34. The number of hydrogen-bond acceptors (Lipinski definition) is 2. The third-order valence-electron chi connectivity index (χ3n) is 1.13. The van der Waals surface area contributed by atoms with E-state index in [1.807, 2.05) is 0 Å². The lowest BCUT2D eigenvalue weighted by Crippen LogP contribution is -2.40. The van der Waals surface area contributed by atoms with Crippen LogP contribution in [-0.4, -0.2) is 29.5 Å². The van der Waals surface area contributed by atoms with Crippen LogP contribution in [0.15, 0.2) is 0 Å². The van der Waals surface area contributed by atoms with Crippen molar-refractivity contribution in [2.24, 2.45) is 5.73 Å². The maximum atomic E-state index is 12.1. The first-order valence-electron chi connectivity index (χ1n) is 2.91. The van der Waals surface area contributed by atoms with Crippen LogP contribution in [-0.2, 0) is 4.79 Å². The van der Waals surface area contributed by atoms with Gasteiger partial charge in [0.2, 0.25) is 0 Å². The highest BCUT2D eigenvalue weighted by Gasteiger charge is 2.43. The van der Waals surface area contributed by atoms with E-state index >= 15 is 0 Å². The van der Waals surface area contributed by atoms with Gasteiger partial charge in [-0.3, -0.25) is 4.79 Å². The second-order valence-corrected chi connectivity index (χ2v) is 2.21. The summed E-state index contributed by atoms with van der Waals surface area (Å²) in [5, 5.41) is 8.02. The fourth-order valence-corrected chi connectivity index (χ4v) is 0.470. The number of carbonyl (C=O) groups is 1. The molecule has 0 rings (SSSR count). The molecule has 72 valence electrons. The Hall–Kier alpha value is -0.850. The molecule has 3 nitrogen and oxygen atoms in total. The molecule has 0 amide bonds. The summed E-state index contributed by atoms with van der Waals surface area (Å²) in [6, 6.07) is -1.96. The van der Waals surface area contributed by atoms with Crippen LogP contribution < -0.4 is 5.73 Å². The molecular formula is C5H7F4NO2. The largest absolute Gasteiger partial charge is 0.480 e. The van der Waals surface area contributed by atoms with E-state index < -0.39 is 30.8 Å². The highest BCUT2D eigenvalue weighted by molar-refractivity contribution is 5.73. The van der Waals surface area contributed by atoms with Gasteiger partial charge in [-0.15, -0.1) is 0 Å². The Bertz CT molecular complexity index is 173. The van der Waals surface area contributed by atoms with Crippen LogP contribution in [0.5, 0.6) is 0 Å². The zero-order valence-corrected chi connectivity index (χ0v) is 5.81. The first-order chi connectivity index (χ1) is 5.27. The van der Waals surface area contributed by atoms with E-state index in [-0.39, 0.29) is 0 Å². The monoisotopic (exact) mass is 189 g/mol. The smallest absolute Gasteiger partial charge is 0.320 e. The Morgan fingerprint density at radius 2 is 1.92 bits per heavy atom. The van der Waals surface area contributed by atoms with Crippen molar-refractivity contribution in [2.75, 3.05) is 0 Å². The van der Waals surface area contributed by atoms with E-state index in [2.05, 4.69) is 5.73 Å². The fraction of sp³-hybridized carbons (Fsp3) is 0.800. The topological polar surface area (TPSA) is 63.3 Å². The molecule has 0 aliphatic carbocycles. The Morgan fingerprint density at radius 1 is 1.50 bits per heavy atom. The molecule has 3 N–H and O–H groups in total. The normalized spacial score (nSPS) is 14.8. The highest BCUT2D eigenvalue weighted by atomic mass is 19.3. The van der Waals surface area contributed by atoms with Crippen molar-refractivity contribution in [1.82, 2.24) is 0 Å². The standard InChI is InChI=1S/C5H7F4NO2/c6-4(7)5(8,9)1-2(10)3(11)12/h2,4H,1,10H2,(H,11,12)/t2-/m0/s1. The van der Waals surface area contributed by atoms with Gasteiger partial charge in [0, 0.05) is 6.42 Å². The van der Waals surface area contributed by atoms with Crippen LogP contribution in [0.25, 0.3) is 0 Å². The quantitative estimate of drug-likeness (QED) is 0.639. The van der Waals surface area contributed by atoms with E-state index in [0.29, 0.717) is 0 Å². The van der Waals surface area contributed by atoms with Gasteiger partial charge in [-0.2, -0.15) is 0 Å². The van der Waals surface area contributed by atoms with Gasteiger partial charge in [0.25, 0.3) is 0 Å². The zero-order chi connectivity index (χ0) is 9.94. The lowest BCUT2D eigenvalue weighted by molar-refractivity contribution is -0.152. The number of alkyl halides is 4. The SMILES string of the molecule is N[C@@H](CC(F)(F)C(F)F)C(=O)O. The van der Waals surface area contributed by atoms with Crippen LogP contribution >= 0.6 is 0 Å². The number of nitrogens with two attached hydrogens (primary N) is 1. The summed E-state index contributed by atoms with van der Waals surface area (Å²) in [6.45, 7) is 0. The summed E-state index contributed by atoms with van der Waals surface area (Å²) in [5.41, 5.74) is 4.63. The number of carboxylic acids is 1. The molecule has 0 aliphatic heterocycles. The molecule has 0 aliphatic rings. The Labute approximate surface area is 65.2 Å². The van der Waals surface area contributed by atoms with E-state index in [4.69, 9.17) is 5.11 Å². The second-order valence-electron chi connectivity index (χ2n) is 2.21. The van der Waals surface area contributed by atoms with Gasteiger partial charge >= 0.3 is 18.3 Å². The van der Waals surface area contributed by atoms with Crippen molar-refractivity contribution in [3.8, 4) is 0 Å². The molecule has 0 aromatic carbocycles. The molecule has 0 saturated carbocycles. The molecule has 0 heterocycles. The molecule has 0 saturated heterocycles. The number of aliphatic carboxylic acids is 1. The van der Waals surface area contributed by atoms with Gasteiger partial charge < -0.3 is 10.8 Å². The van der Waals surface area contributed by atoms with Crippen molar-refractivity contribution in [2.45, 2.75) is 24.8 Å². The van der Waals surface area contributed by atoms with Gasteiger partial charge in [-0.05, 0) is 0 Å². The zero-order valence-electron chi connectivity index (χ0n) is 5.81. The van der Waals surface area contributed by atoms with Crippen LogP contribution in [0.2, 0.25) is 0 Å². The molecule has 0 radical (unpaired) electrons. The maximum absolute atomic E-state index is 12.1. The minimum Gasteiger partial charge on any atom is -0.480 e. The van der Waals surface area contributed by atoms with Crippen molar-refractivity contribution >= 4 is 5.97 Å². The summed E-state index contributed by atoms with van der Waals surface area (Å²) >= 11 is 0. The van der Waals surface area contributed by atoms with Gasteiger partial charge in [0.05, 0.1) is 0 Å². The molecule has 12 heavy (non-hydrogen) atoms. The van der Waals surface area contributed by atoms with Crippen molar-refractivity contribution in [3.63, 3.8) is 0 Å². The molecule has 0 unspecified atom stereocenters. The molecule has 1 atom stereocenters. The Kier molecular flexibility index (Phi) is 3.44. The summed E-state index contributed by atoms with van der Waals surface area (Å²) in [7, 11) is 0. The molecule has 0 aromatic heterocycles. The molecule has 0 fully saturated rings. The first-order valence-corrected chi connectivity index (χ1v) is 2.91. The van der Waals surface area contributed by atoms with E-state index in [1.54, 1.807) is 0 Å². The number of rotatable bonds is 4. The summed E-state index contributed by atoms with van der Waals surface area (Å²) < 4.78 is 47.0. The van der Waals surface area contributed by atoms with E-state index in [0.717, 1.165) is 0 Å². The second kappa shape index (κ2) is 3.70. The van der Waals surface area contributed by atoms with Crippen molar-refractivity contribution < 1.29 is 27.5 Å². The van der Waals surface area contributed by atoms with Crippen LogP contribution in [0.3, 0.4) is 0 Å². The predicted molar refractivity (Wildman–Crippen MR) is 31.2 cm³/mol. The van der Waals surface area contributed by atoms with Gasteiger partial charge in [0.15, 0.2) is 0 Å². The molecule has 0 aromatic rings. The summed E-state index contributed by atoms with van der Waals surface area (Å²) in [6.07, 6.45) is -5.44. The molecule has 7 heteroatoms. The fourth-order valence-electron chi connectivity index (χ4n) is 0.470. The number of halogens is 4. The number of hydrogen-bond donors (Lipinski definition) is 2. The lowest BCUT2D eigenvalue weighted by Gasteiger charge is -2.16. The van der Waals surface area contributed by atoms with Crippen molar-refractivity contribution in [3.05, 3.63) is 0 Å². The average Bonchev–Trinajstić information content (AvgIpc) is 1.85. The first kappa shape index (κ1) is 11.2. The lowest BCUT2D eigenvalue weighted by atomic mass is 10.1. The van der Waals surface area contributed by atoms with Crippen molar-refractivity contribution in [1.29, 1.82) is 0 Å². The number of carboxylic acid groups (broad SMARTS) is 1. The molecule has 0 spiro atoms. The third-order valence-corrected chi connectivity index (χ3v) is 1.13. The summed E-state index contributed by atoms with van der Waals surface area (Å²) in [5.74, 6) is -6.06.